The highest BCUT2D eigenvalue weighted by Crippen LogP contribution is 2.24. The fourth-order valence-electron chi connectivity index (χ4n) is 0.868. The zero-order valence-electron chi connectivity index (χ0n) is 5.07. The lowest BCUT2D eigenvalue weighted by molar-refractivity contribution is 0.203. The van der Waals surface area contributed by atoms with Gasteiger partial charge in [0.25, 0.3) is 0 Å². The van der Waals surface area contributed by atoms with Gasteiger partial charge in [-0.15, -0.1) is 0 Å². The third kappa shape index (κ3) is 0.823. The fourth-order valence-corrected chi connectivity index (χ4v) is 0.868. The molecule has 2 heteroatoms. The van der Waals surface area contributed by atoms with Crippen LogP contribution in [-0.2, 0) is 0 Å². The average Bonchev–Trinajstić information content (AvgIpc) is 1.64. The molecule has 1 rings (SSSR count). The van der Waals surface area contributed by atoms with Crippen molar-refractivity contribution in [3.8, 4) is 6.07 Å². The first-order chi connectivity index (χ1) is 3.77. The Labute approximate surface area is 49.5 Å². The summed E-state index contributed by atoms with van der Waals surface area (Å²) in [6.45, 7) is 4.16. The van der Waals surface area contributed by atoms with Crippen molar-refractivity contribution < 1.29 is 0 Å². The van der Waals surface area contributed by atoms with Crippen LogP contribution in [0.1, 0.15) is 13.3 Å². The highest BCUT2D eigenvalue weighted by molar-refractivity contribution is 4.94. The van der Waals surface area contributed by atoms with Crippen LogP contribution in [0.15, 0.2) is 0 Å². The third-order valence-corrected chi connectivity index (χ3v) is 1.61. The van der Waals surface area contributed by atoms with Gasteiger partial charge in [0.2, 0.25) is 0 Å². The molecule has 0 bridgehead atoms. The van der Waals surface area contributed by atoms with E-state index in [1.807, 2.05) is 0 Å². The van der Waals surface area contributed by atoms with E-state index in [-0.39, 0.29) is 0 Å². The minimum Gasteiger partial charge on any atom is -0.315 e. The van der Waals surface area contributed by atoms with Crippen molar-refractivity contribution in [3.05, 3.63) is 0 Å². The molecule has 1 fully saturated rings. The maximum Gasteiger partial charge on any atom is 0.0628 e. The Morgan fingerprint density at radius 2 is 2.38 bits per heavy atom. The van der Waals surface area contributed by atoms with E-state index in [1.165, 1.54) is 0 Å². The summed E-state index contributed by atoms with van der Waals surface area (Å²) in [6.07, 6.45) is 0.694. The van der Waals surface area contributed by atoms with E-state index in [1.54, 1.807) is 0 Å². The van der Waals surface area contributed by atoms with Crippen molar-refractivity contribution >= 4 is 0 Å². The molecule has 0 atom stereocenters. The predicted molar refractivity (Wildman–Crippen MR) is 31.2 cm³/mol. The van der Waals surface area contributed by atoms with E-state index in [0.29, 0.717) is 11.8 Å². The molecule has 0 aromatic carbocycles. The Bertz CT molecular complexity index is 119. The Morgan fingerprint density at radius 1 is 1.75 bits per heavy atom. The van der Waals surface area contributed by atoms with Gasteiger partial charge in [-0.3, -0.25) is 0 Å². The third-order valence-electron chi connectivity index (χ3n) is 1.61. The second-order valence-electron chi connectivity index (χ2n) is 2.75. The zero-order valence-corrected chi connectivity index (χ0v) is 5.07. The standard InChI is InChI=1S/C6H10N2/c1-6(2-3-7)4-8-5-6/h8H,2,4-5H2,1H3. The summed E-state index contributed by atoms with van der Waals surface area (Å²) in [7, 11) is 0. The number of rotatable bonds is 1. The number of nitrogens with zero attached hydrogens (tertiary/aromatic N) is 1. The second-order valence-corrected chi connectivity index (χ2v) is 2.75. The molecule has 1 heterocycles. The molecule has 0 amide bonds. The first-order valence-corrected chi connectivity index (χ1v) is 2.84. The van der Waals surface area contributed by atoms with Crippen molar-refractivity contribution in [1.29, 1.82) is 5.26 Å². The molecule has 0 radical (unpaired) electrons. The number of hydrogen-bond acceptors (Lipinski definition) is 2. The molecular formula is C6H10N2. The summed E-state index contributed by atoms with van der Waals surface area (Å²) in [5, 5.41) is 11.4. The normalized spacial score (nSPS) is 23.5. The highest BCUT2D eigenvalue weighted by Gasteiger charge is 2.30. The molecule has 2 nitrogen and oxygen atoms in total. The van der Waals surface area contributed by atoms with Gasteiger partial charge in [-0.2, -0.15) is 5.26 Å². The monoisotopic (exact) mass is 110 g/mol. The lowest BCUT2D eigenvalue weighted by Crippen LogP contribution is -2.51. The molecule has 0 aromatic heterocycles. The largest absolute Gasteiger partial charge is 0.315 e. The summed E-state index contributed by atoms with van der Waals surface area (Å²) in [5.41, 5.74) is 0.300. The van der Waals surface area contributed by atoms with Gasteiger partial charge >= 0.3 is 0 Å². The van der Waals surface area contributed by atoms with Crippen LogP contribution in [0.3, 0.4) is 0 Å². The van der Waals surface area contributed by atoms with Crippen molar-refractivity contribution in [1.82, 2.24) is 5.32 Å². The van der Waals surface area contributed by atoms with Crippen molar-refractivity contribution in [3.63, 3.8) is 0 Å². The maximum absolute atomic E-state index is 8.29. The van der Waals surface area contributed by atoms with Gasteiger partial charge in [0.1, 0.15) is 0 Å². The predicted octanol–water partition coefficient (Wildman–Crippen LogP) is 0.510. The van der Waals surface area contributed by atoms with Crippen molar-refractivity contribution in [2.45, 2.75) is 13.3 Å². The summed E-state index contributed by atoms with van der Waals surface area (Å²) in [6, 6.07) is 2.17. The summed E-state index contributed by atoms with van der Waals surface area (Å²) < 4.78 is 0. The van der Waals surface area contributed by atoms with Gasteiger partial charge in [0.15, 0.2) is 0 Å². The van der Waals surface area contributed by atoms with Gasteiger partial charge < -0.3 is 5.32 Å². The van der Waals surface area contributed by atoms with Gasteiger partial charge in [0, 0.05) is 24.9 Å². The van der Waals surface area contributed by atoms with Gasteiger partial charge in [-0.1, -0.05) is 6.92 Å². The number of nitriles is 1. The summed E-state index contributed by atoms with van der Waals surface area (Å²) >= 11 is 0. The summed E-state index contributed by atoms with van der Waals surface area (Å²) in [5.74, 6) is 0. The minimum atomic E-state index is 0.300. The summed E-state index contributed by atoms with van der Waals surface area (Å²) in [4.78, 5) is 0. The van der Waals surface area contributed by atoms with Gasteiger partial charge in [0.05, 0.1) is 6.07 Å². The molecule has 44 valence electrons. The highest BCUT2D eigenvalue weighted by atomic mass is 15.0. The first kappa shape index (κ1) is 5.58. The van der Waals surface area contributed by atoms with E-state index in [4.69, 9.17) is 5.26 Å². The van der Waals surface area contributed by atoms with Crippen molar-refractivity contribution in [2.75, 3.05) is 13.1 Å². The van der Waals surface area contributed by atoms with Gasteiger partial charge in [-0.05, 0) is 0 Å². The molecule has 8 heavy (non-hydrogen) atoms. The Kier molecular flexibility index (Phi) is 1.22. The average molecular weight is 110 g/mol. The smallest absolute Gasteiger partial charge is 0.0628 e. The van der Waals surface area contributed by atoms with E-state index in [2.05, 4.69) is 18.3 Å². The maximum atomic E-state index is 8.29. The molecule has 1 N–H and O–H groups in total. The molecule has 0 aliphatic carbocycles. The van der Waals surface area contributed by atoms with E-state index >= 15 is 0 Å². The lowest BCUT2D eigenvalue weighted by atomic mass is 9.82. The van der Waals surface area contributed by atoms with Crippen LogP contribution < -0.4 is 5.32 Å². The Hall–Kier alpha value is -0.550. The Morgan fingerprint density at radius 3 is 2.50 bits per heavy atom. The van der Waals surface area contributed by atoms with Crippen LogP contribution in [0, 0.1) is 16.7 Å². The molecule has 0 spiro atoms. The fraction of sp³-hybridized carbons (Fsp3) is 0.833. The molecule has 1 saturated heterocycles. The van der Waals surface area contributed by atoms with Gasteiger partial charge in [-0.25, -0.2) is 0 Å². The molecule has 1 aliphatic heterocycles. The molecule has 0 aromatic rings. The van der Waals surface area contributed by atoms with E-state index < -0.39 is 0 Å². The Balaban J connectivity index is 2.33. The van der Waals surface area contributed by atoms with Crippen LogP contribution in [0.4, 0.5) is 0 Å². The first-order valence-electron chi connectivity index (χ1n) is 2.84. The number of hydrogen-bond donors (Lipinski definition) is 1. The SMILES string of the molecule is CC1(CC#N)CNC1. The van der Waals surface area contributed by atoms with Crippen LogP contribution >= 0.6 is 0 Å². The van der Waals surface area contributed by atoms with Crippen LogP contribution in [-0.4, -0.2) is 13.1 Å². The molecule has 1 aliphatic rings. The van der Waals surface area contributed by atoms with Crippen molar-refractivity contribution in [2.24, 2.45) is 5.41 Å². The van der Waals surface area contributed by atoms with Crippen LogP contribution in [0.2, 0.25) is 0 Å². The molecule has 0 saturated carbocycles. The number of nitrogens with one attached hydrogen (secondary N) is 1. The van der Waals surface area contributed by atoms with Crippen LogP contribution in [0.25, 0.3) is 0 Å². The van der Waals surface area contributed by atoms with E-state index in [0.717, 1.165) is 13.1 Å². The molecular weight excluding hydrogens is 100 g/mol. The minimum absolute atomic E-state index is 0.300. The van der Waals surface area contributed by atoms with E-state index in [9.17, 15) is 0 Å². The quantitative estimate of drug-likeness (QED) is 0.534. The topological polar surface area (TPSA) is 35.8 Å². The lowest BCUT2D eigenvalue weighted by Gasteiger charge is -2.37. The second kappa shape index (κ2) is 1.75. The van der Waals surface area contributed by atoms with Crippen LogP contribution in [0.5, 0.6) is 0 Å². The zero-order chi connectivity index (χ0) is 6.04. The molecule has 0 unspecified atom stereocenters.